The van der Waals surface area contributed by atoms with Crippen LogP contribution in [0.2, 0.25) is 0 Å². The van der Waals surface area contributed by atoms with Crippen LogP contribution in [0.5, 0.6) is 0 Å². The number of hydrogen-bond acceptors (Lipinski definition) is 3. The summed E-state index contributed by atoms with van der Waals surface area (Å²) in [5.41, 5.74) is 1.70. The van der Waals surface area contributed by atoms with Gasteiger partial charge in [-0.3, -0.25) is 0 Å². The van der Waals surface area contributed by atoms with Crippen molar-refractivity contribution in [1.29, 1.82) is 0 Å². The van der Waals surface area contributed by atoms with Gasteiger partial charge in [0.15, 0.2) is 0 Å². The summed E-state index contributed by atoms with van der Waals surface area (Å²) in [5.74, 6) is 0.363. The molecule has 2 amide bonds. The quantitative estimate of drug-likeness (QED) is 0.886. The van der Waals surface area contributed by atoms with E-state index >= 15 is 0 Å². The number of hydrogen-bond donors (Lipinski definition) is 2. The summed E-state index contributed by atoms with van der Waals surface area (Å²) in [5, 5.41) is 11.8. The summed E-state index contributed by atoms with van der Waals surface area (Å²) >= 11 is 0. The van der Waals surface area contributed by atoms with Crippen molar-refractivity contribution in [3.8, 4) is 0 Å². The van der Waals surface area contributed by atoms with Crippen LogP contribution in [0.25, 0.3) is 0 Å². The molecule has 0 bridgehead atoms. The summed E-state index contributed by atoms with van der Waals surface area (Å²) in [7, 11) is 0. The van der Waals surface area contributed by atoms with Crippen LogP contribution in [0.4, 0.5) is 9.59 Å². The van der Waals surface area contributed by atoms with Crippen molar-refractivity contribution in [2.24, 2.45) is 0 Å². The molecule has 1 aliphatic heterocycles. The molecule has 0 radical (unpaired) electrons. The van der Waals surface area contributed by atoms with Gasteiger partial charge in [0.1, 0.15) is 5.60 Å². The highest BCUT2D eigenvalue weighted by molar-refractivity contribution is 5.67. The Labute approximate surface area is 142 Å². The average Bonchev–Trinajstić information content (AvgIpc) is 2.52. The van der Waals surface area contributed by atoms with E-state index in [1.807, 2.05) is 32.9 Å². The first kappa shape index (κ1) is 18.1. The molecule has 0 spiro atoms. The van der Waals surface area contributed by atoms with Crippen molar-refractivity contribution < 1.29 is 19.4 Å². The monoisotopic (exact) mass is 334 g/mol. The normalized spacial score (nSPS) is 15.9. The minimum Gasteiger partial charge on any atom is -0.465 e. The fraction of sp³-hybridized carbons (Fsp3) is 0.556. The van der Waals surface area contributed by atoms with Crippen molar-refractivity contribution in [3.05, 3.63) is 35.4 Å². The van der Waals surface area contributed by atoms with Crippen LogP contribution < -0.4 is 5.32 Å². The van der Waals surface area contributed by atoms with Gasteiger partial charge in [-0.25, -0.2) is 9.59 Å². The van der Waals surface area contributed by atoms with E-state index in [4.69, 9.17) is 9.84 Å². The lowest BCUT2D eigenvalue weighted by Crippen LogP contribution is -2.36. The Morgan fingerprint density at radius 1 is 1.29 bits per heavy atom. The Morgan fingerprint density at radius 3 is 2.54 bits per heavy atom. The molecule has 6 nitrogen and oxygen atoms in total. The number of amides is 2. The summed E-state index contributed by atoms with van der Waals surface area (Å²) < 4.78 is 5.23. The minimum absolute atomic E-state index is 0.363. The number of nitrogens with zero attached hydrogens (tertiary/aromatic N) is 1. The maximum Gasteiger partial charge on any atom is 0.407 e. The van der Waals surface area contributed by atoms with Gasteiger partial charge >= 0.3 is 12.2 Å². The number of carboxylic acid groups (broad SMARTS) is 1. The van der Waals surface area contributed by atoms with E-state index in [0.29, 0.717) is 25.6 Å². The van der Waals surface area contributed by atoms with Gasteiger partial charge in [-0.2, -0.15) is 0 Å². The molecule has 132 valence electrons. The Hall–Kier alpha value is -2.24. The smallest absolute Gasteiger partial charge is 0.407 e. The van der Waals surface area contributed by atoms with E-state index in [0.717, 1.165) is 18.4 Å². The Kier molecular flexibility index (Phi) is 5.70. The molecule has 1 aromatic carbocycles. The highest BCUT2D eigenvalue weighted by Gasteiger charge is 2.23. The zero-order valence-corrected chi connectivity index (χ0v) is 14.5. The Balaban J connectivity index is 1.90. The summed E-state index contributed by atoms with van der Waals surface area (Å²) in [6, 6.07) is 8.09. The van der Waals surface area contributed by atoms with Crippen molar-refractivity contribution in [2.75, 3.05) is 13.1 Å². The third-order valence-electron chi connectivity index (χ3n) is 4.02. The third-order valence-corrected chi connectivity index (χ3v) is 4.02. The zero-order valence-electron chi connectivity index (χ0n) is 14.5. The van der Waals surface area contributed by atoms with Crippen LogP contribution in [0, 0.1) is 0 Å². The zero-order chi connectivity index (χ0) is 17.7. The maximum absolute atomic E-state index is 11.7. The van der Waals surface area contributed by atoms with Crippen molar-refractivity contribution in [1.82, 2.24) is 10.2 Å². The van der Waals surface area contributed by atoms with Crippen LogP contribution in [0.15, 0.2) is 24.3 Å². The number of benzene rings is 1. The van der Waals surface area contributed by atoms with Crippen LogP contribution in [0.3, 0.4) is 0 Å². The predicted octanol–water partition coefficient (Wildman–Crippen LogP) is 3.57. The van der Waals surface area contributed by atoms with Gasteiger partial charge < -0.3 is 20.1 Å². The molecule has 1 aliphatic rings. The van der Waals surface area contributed by atoms with Gasteiger partial charge in [0, 0.05) is 19.6 Å². The molecular formula is C18H26N2O4. The Morgan fingerprint density at radius 2 is 1.96 bits per heavy atom. The van der Waals surface area contributed by atoms with E-state index < -0.39 is 17.8 Å². The van der Waals surface area contributed by atoms with Gasteiger partial charge in [-0.05, 0) is 50.7 Å². The van der Waals surface area contributed by atoms with Crippen LogP contribution in [-0.2, 0) is 11.3 Å². The predicted molar refractivity (Wildman–Crippen MR) is 91.1 cm³/mol. The molecule has 2 N–H and O–H groups in total. The molecule has 1 aromatic rings. The summed E-state index contributed by atoms with van der Waals surface area (Å²) in [4.78, 5) is 24.2. The molecule has 0 aliphatic carbocycles. The summed E-state index contributed by atoms with van der Waals surface area (Å²) in [6.45, 7) is 7.04. The van der Waals surface area contributed by atoms with Gasteiger partial charge in [0.25, 0.3) is 0 Å². The van der Waals surface area contributed by atoms with E-state index in [9.17, 15) is 9.59 Å². The molecule has 1 saturated heterocycles. The van der Waals surface area contributed by atoms with Gasteiger partial charge in [-0.15, -0.1) is 0 Å². The van der Waals surface area contributed by atoms with Gasteiger partial charge in [0.05, 0.1) is 0 Å². The van der Waals surface area contributed by atoms with Crippen molar-refractivity contribution in [3.63, 3.8) is 0 Å². The average molecular weight is 334 g/mol. The molecule has 24 heavy (non-hydrogen) atoms. The molecule has 0 saturated carbocycles. The van der Waals surface area contributed by atoms with E-state index in [-0.39, 0.29) is 0 Å². The molecular weight excluding hydrogens is 308 g/mol. The third kappa shape index (κ3) is 5.44. The molecule has 0 unspecified atom stereocenters. The number of carbonyl (C=O) groups excluding carboxylic acids is 1. The lowest BCUT2D eigenvalue weighted by atomic mass is 9.89. The Bertz CT molecular complexity index is 587. The second kappa shape index (κ2) is 7.55. The second-order valence-electron chi connectivity index (χ2n) is 7.14. The lowest BCUT2D eigenvalue weighted by Gasteiger charge is -2.30. The fourth-order valence-electron chi connectivity index (χ4n) is 2.85. The number of nitrogens with one attached hydrogen (secondary N) is 1. The number of alkyl carbamates (subject to hydrolysis) is 1. The fourth-order valence-corrected chi connectivity index (χ4v) is 2.85. The number of piperidine rings is 1. The van der Waals surface area contributed by atoms with E-state index in [1.165, 1.54) is 10.5 Å². The van der Waals surface area contributed by atoms with Crippen molar-refractivity contribution >= 4 is 12.2 Å². The number of likely N-dealkylation sites (tertiary alicyclic amines) is 1. The number of carbonyl (C=O) groups is 2. The second-order valence-corrected chi connectivity index (χ2v) is 7.14. The van der Waals surface area contributed by atoms with Gasteiger partial charge in [-0.1, -0.05) is 24.3 Å². The molecule has 1 heterocycles. The van der Waals surface area contributed by atoms with Crippen LogP contribution in [-0.4, -0.2) is 40.9 Å². The maximum atomic E-state index is 11.7. The largest absolute Gasteiger partial charge is 0.465 e. The van der Waals surface area contributed by atoms with Crippen LogP contribution in [0.1, 0.15) is 50.7 Å². The highest BCUT2D eigenvalue weighted by atomic mass is 16.6. The molecule has 1 fully saturated rings. The highest BCUT2D eigenvalue weighted by Crippen LogP contribution is 2.28. The topological polar surface area (TPSA) is 78.9 Å². The first-order chi connectivity index (χ1) is 11.2. The lowest BCUT2D eigenvalue weighted by molar-refractivity contribution is 0.0523. The SMILES string of the molecule is CC(C)(C)OC(=O)NCc1cccc(C2CCN(C(=O)O)CC2)c1. The molecule has 0 aromatic heterocycles. The number of ether oxygens (including phenoxy) is 1. The molecule has 0 atom stereocenters. The minimum atomic E-state index is -0.844. The standard InChI is InChI=1S/C18H26N2O4/c1-18(2,3)24-16(21)19-12-13-5-4-6-15(11-13)14-7-9-20(10-8-14)17(22)23/h4-6,11,14H,7-10,12H2,1-3H3,(H,19,21)(H,22,23). The van der Waals surface area contributed by atoms with Crippen LogP contribution >= 0.6 is 0 Å². The molecule has 2 rings (SSSR count). The first-order valence-corrected chi connectivity index (χ1v) is 8.28. The molecule has 6 heteroatoms. The van der Waals surface area contributed by atoms with E-state index in [2.05, 4.69) is 17.4 Å². The number of rotatable bonds is 3. The van der Waals surface area contributed by atoms with Gasteiger partial charge in [0.2, 0.25) is 0 Å². The summed E-state index contributed by atoms with van der Waals surface area (Å²) in [6.07, 6.45) is 0.385. The van der Waals surface area contributed by atoms with Crippen molar-refractivity contribution in [2.45, 2.75) is 51.7 Å². The first-order valence-electron chi connectivity index (χ1n) is 8.28. The van der Waals surface area contributed by atoms with E-state index in [1.54, 1.807) is 0 Å².